The molecule has 1 amide bonds. The van der Waals surface area contributed by atoms with E-state index in [0.717, 1.165) is 18.7 Å². The average Bonchev–Trinajstić information content (AvgIpc) is 2.78. The summed E-state index contributed by atoms with van der Waals surface area (Å²) < 4.78 is 0. The summed E-state index contributed by atoms with van der Waals surface area (Å²) in [6, 6.07) is 16.0. The summed E-state index contributed by atoms with van der Waals surface area (Å²) in [5.74, 6) is 0.749. The minimum Gasteiger partial charge on any atom is -0.368 e. The first-order valence-corrected chi connectivity index (χ1v) is 9.89. The lowest BCUT2D eigenvalue weighted by atomic mass is 10.1. The lowest BCUT2D eigenvalue weighted by Gasteiger charge is -2.36. The highest BCUT2D eigenvalue weighted by Crippen LogP contribution is 2.19. The molecule has 0 unspecified atom stereocenters. The molecule has 3 heterocycles. The summed E-state index contributed by atoms with van der Waals surface area (Å²) in [7, 11) is 0. The van der Waals surface area contributed by atoms with Gasteiger partial charge in [-0.25, -0.2) is 4.98 Å². The molecule has 0 spiro atoms. The van der Waals surface area contributed by atoms with Crippen LogP contribution in [0.15, 0.2) is 67.1 Å². The Morgan fingerprint density at radius 2 is 1.90 bits per heavy atom. The SMILES string of the molecule is Cc1cccc(N2CCN(C(=O)c3ccnc(NCc4cccnc4)c3)CC2)c1. The lowest BCUT2D eigenvalue weighted by Crippen LogP contribution is -2.48. The second-order valence-corrected chi connectivity index (χ2v) is 7.26. The fourth-order valence-electron chi connectivity index (χ4n) is 3.53. The van der Waals surface area contributed by atoms with Gasteiger partial charge in [-0.15, -0.1) is 0 Å². The number of benzene rings is 1. The van der Waals surface area contributed by atoms with Crippen molar-refractivity contribution >= 4 is 17.4 Å². The van der Waals surface area contributed by atoms with Crippen LogP contribution in [0.25, 0.3) is 0 Å². The van der Waals surface area contributed by atoms with Crippen molar-refractivity contribution in [2.45, 2.75) is 13.5 Å². The van der Waals surface area contributed by atoms with Gasteiger partial charge in [0.1, 0.15) is 5.82 Å². The number of carbonyl (C=O) groups is 1. The molecule has 1 fully saturated rings. The smallest absolute Gasteiger partial charge is 0.254 e. The van der Waals surface area contributed by atoms with Crippen LogP contribution in [0.4, 0.5) is 11.5 Å². The molecule has 1 aromatic carbocycles. The Kier molecular flexibility index (Phi) is 5.70. The second kappa shape index (κ2) is 8.73. The van der Waals surface area contributed by atoms with Crippen LogP contribution in [0.1, 0.15) is 21.5 Å². The van der Waals surface area contributed by atoms with E-state index in [2.05, 4.69) is 51.4 Å². The van der Waals surface area contributed by atoms with Gasteiger partial charge in [0.2, 0.25) is 0 Å². The Morgan fingerprint density at radius 3 is 2.66 bits per heavy atom. The van der Waals surface area contributed by atoms with Crippen molar-refractivity contribution in [1.29, 1.82) is 0 Å². The molecule has 1 N–H and O–H groups in total. The van der Waals surface area contributed by atoms with Crippen LogP contribution in [-0.2, 0) is 6.54 Å². The molecule has 0 saturated carbocycles. The summed E-state index contributed by atoms with van der Waals surface area (Å²) in [6.45, 7) is 5.83. The highest BCUT2D eigenvalue weighted by molar-refractivity contribution is 5.95. The van der Waals surface area contributed by atoms with Gasteiger partial charge >= 0.3 is 0 Å². The maximum atomic E-state index is 13.0. The zero-order valence-corrected chi connectivity index (χ0v) is 16.6. The van der Waals surface area contributed by atoms with Crippen molar-refractivity contribution in [1.82, 2.24) is 14.9 Å². The monoisotopic (exact) mass is 387 g/mol. The molecule has 4 rings (SSSR count). The summed E-state index contributed by atoms with van der Waals surface area (Å²) in [4.78, 5) is 25.7. The van der Waals surface area contributed by atoms with E-state index >= 15 is 0 Å². The predicted molar refractivity (Wildman–Crippen MR) is 115 cm³/mol. The van der Waals surface area contributed by atoms with Crippen molar-refractivity contribution in [2.75, 3.05) is 36.4 Å². The van der Waals surface area contributed by atoms with Crippen LogP contribution in [0.3, 0.4) is 0 Å². The first-order chi connectivity index (χ1) is 14.2. The summed E-state index contributed by atoms with van der Waals surface area (Å²) in [6.07, 6.45) is 5.25. The summed E-state index contributed by atoms with van der Waals surface area (Å²) in [5, 5.41) is 3.26. The third kappa shape index (κ3) is 4.71. The number of anilines is 2. The first kappa shape index (κ1) is 18.9. The number of amides is 1. The number of hydrogen-bond donors (Lipinski definition) is 1. The molecule has 0 radical (unpaired) electrons. The van der Waals surface area contributed by atoms with Crippen LogP contribution < -0.4 is 10.2 Å². The number of aryl methyl sites for hydroxylation is 1. The van der Waals surface area contributed by atoms with E-state index in [4.69, 9.17) is 0 Å². The highest BCUT2D eigenvalue weighted by atomic mass is 16.2. The van der Waals surface area contributed by atoms with Gasteiger partial charge in [0.25, 0.3) is 5.91 Å². The molecule has 3 aromatic rings. The Hall–Kier alpha value is -3.41. The normalized spacial score (nSPS) is 14.0. The zero-order valence-electron chi connectivity index (χ0n) is 16.6. The van der Waals surface area contributed by atoms with Gasteiger partial charge in [-0.1, -0.05) is 18.2 Å². The molecular weight excluding hydrogens is 362 g/mol. The Labute approximate surface area is 171 Å². The van der Waals surface area contributed by atoms with E-state index in [1.165, 1.54) is 11.3 Å². The fourth-order valence-corrected chi connectivity index (χ4v) is 3.53. The third-order valence-electron chi connectivity index (χ3n) is 5.14. The fraction of sp³-hybridized carbons (Fsp3) is 0.261. The molecular formula is C23H25N5O. The first-order valence-electron chi connectivity index (χ1n) is 9.89. The number of aromatic nitrogens is 2. The lowest BCUT2D eigenvalue weighted by molar-refractivity contribution is 0.0746. The van der Waals surface area contributed by atoms with Crippen molar-refractivity contribution in [3.05, 3.63) is 83.8 Å². The number of nitrogens with zero attached hydrogens (tertiary/aromatic N) is 4. The predicted octanol–water partition coefficient (Wildman–Crippen LogP) is 3.36. The number of hydrogen-bond acceptors (Lipinski definition) is 5. The minimum absolute atomic E-state index is 0.0562. The Balaban J connectivity index is 1.36. The van der Waals surface area contributed by atoms with E-state index in [9.17, 15) is 4.79 Å². The number of rotatable bonds is 5. The standard InChI is InChI=1S/C23H25N5O/c1-18-4-2-6-21(14-18)27-10-12-28(13-11-27)23(29)20-7-9-25-22(15-20)26-17-19-5-3-8-24-16-19/h2-9,14-16H,10-13,17H2,1H3,(H,25,26). The summed E-state index contributed by atoms with van der Waals surface area (Å²) in [5.41, 5.74) is 4.21. The van der Waals surface area contributed by atoms with Gasteiger partial charge in [-0.05, 0) is 48.4 Å². The number of carbonyl (C=O) groups excluding carboxylic acids is 1. The quantitative estimate of drug-likeness (QED) is 0.727. The molecule has 1 saturated heterocycles. The third-order valence-corrected chi connectivity index (χ3v) is 5.14. The molecule has 6 nitrogen and oxygen atoms in total. The molecule has 1 aliphatic rings. The number of pyridine rings is 2. The van der Waals surface area contributed by atoms with Gasteiger partial charge in [0.05, 0.1) is 0 Å². The van der Waals surface area contributed by atoms with E-state index in [-0.39, 0.29) is 5.91 Å². The molecule has 0 atom stereocenters. The molecule has 1 aliphatic heterocycles. The number of piperazine rings is 1. The minimum atomic E-state index is 0.0562. The van der Waals surface area contributed by atoms with E-state index in [1.807, 2.05) is 29.3 Å². The molecule has 0 aliphatic carbocycles. The maximum absolute atomic E-state index is 13.0. The topological polar surface area (TPSA) is 61.4 Å². The van der Waals surface area contributed by atoms with E-state index in [1.54, 1.807) is 18.5 Å². The van der Waals surface area contributed by atoms with Crippen LogP contribution in [0, 0.1) is 6.92 Å². The Morgan fingerprint density at radius 1 is 1.03 bits per heavy atom. The largest absolute Gasteiger partial charge is 0.368 e. The van der Waals surface area contributed by atoms with Crippen LogP contribution in [0.5, 0.6) is 0 Å². The molecule has 148 valence electrons. The van der Waals surface area contributed by atoms with Crippen molar-refractivity contribution in [2.24, 2.45) is 0 Å². The molecule has 2 aromatic heterocycles. The van der Waals surface area contributed by atoms with Gasteiger partial charge in [0.15, 0.2) is 0 Å². The Bertz CT molecular complexity index is 968. The number of nitrogens with one attached hydrogen (secondary N) is 1. The van der Waals surface area contributed by atoms with Crippen molar-refractivity contribution < 1.29 is 4.79 Å². The van der Waals surface area contributed by atoms with Gasteiger partial charge in [-0.3, -0.25) is 9.78 Å². The van der Waals surface area contributed by atoms with Crippen molar-refractivity contribution in [3.8, 4) is 0 Å². The van der Waals surface area contributed by atoms with Crippen LogP contribution in [0.2, 0.25) is 0 Å². The highest BCUT2D eigenvalue weighted by Gasteiger charge is 2.22. The second-order valence-electron chi connectivity index (χ2n) is 7.26. The van der Waals surface area contributed by atoms with Crippen molar-refractivity contribution in [3.63, 3.8) is 0 Å². The van der Waals surface area contributed by atoms with Gasteiger partial charge in [0, 0.05) is 62.6 Å². The van der Waals surface area contributed by atoms with Gasteiger partial charge in [-0.2, -0.15) is 0 Å². The summed E-state index contributed by atoms with van der Waals surface area (Å²) >= 11 is 0. The van der Waals surface area contributed by atoms with E-state index < -0.39 is 0 Å². The molecule has 0 bridgehead atoms. The van der Waals surface area contributed by atoms with E-state index in [0.29, 0.717) is 31.0 Å². The van der Waals surface area contributed by atoms with Crippen LogP contribution in [-0.4, -0.2) is 47.0 Å². The molecule has 6 heteroatoms. The molecule has 29 heavy (non-hydrogen) atoms. The zero-order chi connectivity index (χ0) is 20.1. The average molecular weight is 387 g/mol. The van der Waals surface area contributed by atoms with Crippen LogP contribution >= 0.6 is 0 Å². The maximum Gasteiger partial charge on any atom is 0.254 e. The van der Waals surface area contributed by atoms with Gasteiger partial charge < -0.3 is 15.1 Å².